The van der Waals surface area contributed by atoms with E-state index >= 15 is 0 Å². The summed E-state index contributed by atoms with van der Waals surface area (Å²) in [6.07, 6.45) is 6.44. The summed E-state index contributed by atoms with van der Waals surface area (Å²) in [6.45, 7) is 2.05. The molecule has 0 aromatic heterocycles. The van der Waals surface area contributed by atoms with Gasteiger partial charge in [0, 0.05) is 17.2 Å². The highest BCUT2D eigenvalue weighted by Gasteiger charge is 2.19. The third-order valence-corrected chi connectivity index (χ3v) is 3.25. The van der Waals surface area contributed by atoms with Crippen molar-refractivity contribution in [1.82, 2.24) is 0 Å². The molecule has 0 unspecified atom stereocenters. The zero-order chi connectivity index (χ0) is 12.2. The van der Waals surface area contributed by atoms with Crippen LogP contribution in [0.2, 0.25) is 0 Å². The van der Waals surface area contributed by atoms with E-state index in [0.29, 0.717) is 0 Å². The van der Waals surface area contributed by atoms with Crippen LogP contribution in [0.15, 0.2) is 60.7 Å². The predicted molar refractivity (Wildman–Crippen MR) is 75.7 cm³/mol. The van der Waals surface area contributed by atoms with Crippen LogP contribution in [-0.4, -0.2) is 10.8 Å². The SMILES string of the molecule is C(/C=C/c1ccccc1)=[N+]1Cc2ccccc2C1. The summed E-state index contributed by atoms with van der Waals surface area (Å²) in [5, 5.41) is 0. The highest BCUT2D eigenvalue weighted by molar-refractivity contribution is 5.74. The topological polar surface area (TPSA) is 3.01 Å². The summed E-state index contributed by atoms with van der Waals surface area (Å²) in [5.41, 5.74) is 4.13. The van der Waals surface area contributed by atoms with E-state index in [2.05, 4.69) is 71.5 Å². The first-order valence-corrected chi connectivity index (χ1v) is 6.29. The fourth-order valence-corrected chi connectivity index (χ4v) is 2.30. The highest BCUT2D eigenvalue weighted by Crippen LogP contribution is 2.18. The maximum atomic E-state index is 2.34. The average molecular weight is 234 g/mol. The lowest BCUT2D eigenvalue weighted by Crippen LogP contribution is -2.02. The van der Waals surface area contributed by atoms with Crippen LogP contribution in [-0.2, 0) is 13.1 Å². The lowest BCUT2D eigenvalue weighted by molar-refractivity contribution is -0.543. The van der Waals surface area contributed by atoms with E-state index in [1.807, 2.05) is 6.07 Å². The van der Waals surface area contributed by atoms with Crippen molar-refractivity contribution < 1.29 is 4.58 Å². The van der Waals surface area contributed by atoms with Crippen LogP contribution in [0.1, 0.15) is 16.7 Å². The van der Waals surface area contributed by atoms with Crippen LogP contribution < -0.4 is 0 Å². The molecule has 0 aliphatic carbocycles. The fourth-order valence-electron chi connectivity index (χ4n) is 2.30. The standard InChI is InChI=1S/C17H16N/c1-2-7-15(8-3-1)9-6-12-18-13-16-10-4-5-11-17(16)14-18/h1-12H,13-14H2/q+1/b9-6+. The Morgan fingerprint density at radius 2 is 1.39 bits per heavy atom. The average Bonchev–Trinajstić information content (AvgIpc) is 2.82. The molecule has 1 heterocycles. The molecule has 0 N–H and O–H groups in total. The normalized spacial score (nSPS) is 13.9. The second-order valence-corrected chi connectivity index (χ2v) is 4.59. The second kappa shape index (κ2) is 5.01. The summed E-state index contributed by atoms with van der Waals surface area (Å²) in [5.74, 6) is 0. The summed E-state index contributed by atoms with van der Waals surface area (Å²) in [7, 11) is 0. The van der Waals surface area contributed by atoms with Gasteiger partial charge < -0.3 is 0 Å². The molecule has 1 aliphatic rings. The quantitative estimate of drug-likeness (QED) is 0.700. The number of fused-ring (bicyclic) bond motifs is 1. The summed E-state index contributed by atoms with van der Waals surface area (Å²) in [4.78, 5) is 0. The lowest BCUT2D eigenvalue weighted by Gasteiger charge is -1.90. The van der Waals surface area contributed by atoms with Gasteiger partial charge in [-0.2, -0.15) is 0 Å². The summed E-state index contributed by atoms with van der Waals surface area (Å²) in [6, 6.07) is 19.0. The number of benzene rings is 2. The van der Waals surface area contributed by atoms with Gasteiger partial charge in [0.2, 0.25) is 0 Å². The van der Waals surface area contributed by atoms with E-state index in [0.717, 1.165) is 13.1 Å². The Hall–Kier alpha value is -2.15. The minimum absolute atomic E-state index is 1.02. The van der Waals surface area contributed by atoms with Crippen molar-refractivity contribution in [2.24, 2.45) is 0 Å². The molecule has 0 saturated heterocycles. The van der Waals surface area contributed by atoms with Crippen molar-refractivity contribution in [1.29, 1.82) is 0 Å². The van der Waals surface area contributed by atoms with Crippen molar-refractivity contribution in [3.8, 4) is 0 Å². The molecule has 1 nitrogen and oxygen atoms in total. The predicted octanol–water partition coefficient (Wildman–Crippen LogP) is 3.50. The molecule has 0 atom stereocenters. The molecular formula is C17H16N+. The van der Waals surface area contributed by atoms with Crippen LogP contribution in [0.25, 0.3) is 6.08 Å². The molecule has 0 bridgehead atoms. The molecule has 1 heteroatoms. The molecule has 0 amide bonds. The Kier molecular flexibility index (Phi) is 3.05. The van der Waals surface area contributed by atoms with Crippen LogP contribution in [0.5, 0.6) is 0 Å². The Morgan fingerprint density at radius 1 is 0.778 bits per heavy atom. The maximum Gasteiger partial charge on any atom is 0.169 e. The zero-order valence-corrected chi connectivity index (χ0v) is 10.3. The first-order chi connectivity index (χ1) is 8.92. The minimum Gasteiger partial charge on any atom is -0.227 e. The molecule has 2 aromatic carbocycles. The molecule has 0 spiro atoms. The zero-order valence-electron chi connectivity index (χ0n) is 10.3. The van der Waals surface area contributed by atoms with E-state index < -0.39 is 0 Å². The van der Waals surface area contributed by atoms with E-state index in [-0.39, 0.29) is 0 Å². The van der Waals surface area contributed by atoms with Crippen molar-refractivity contribution in [3.05, 3.63) is 77.4 Å². The Bertz CT molecular complexity index is 567. The van der Waals surface area contributed by atoms with E-state index in [4.69, 9.17) is 0 Å². The van der Waals surface area contributed by atoms with Crippen molar-refractivity contribution in [2.45, 2.75) is 13.1 Å². The fraction of sp³-hybridized carbons (Fsp3) is 0.118. The van der Waals surface area contributed by atoms with E-state index in [9.17, 15) is 0 Å². The Balaban J connectivity index is 1.71. The molecule has 3 rings (SSSR count). The number of nitrogens with zero attached hydrogens (tertiary/aromatic N) is 1. The molecular weight excluding hydrogens is 218 g/mol. The third-order valence-electron chi connectivity index (χ3n) is 3.25. The van der Waals surface area contributed by atoms with Gasteiger partial charge in [0.25, 0.3) is 0 Å². The van der Waals surface area contributed by atoms with Gasteiger partial charge >= 0.3 is 0 Å². The Labute approximate surface area is 108 Å². The van der Waals surface area contributed by atoms with Crippen LogP contribution in [0.3, 0.4) is 0 Å². The second-order valence-electron chi connectivity index (χ2n) is 4.59. The largest absolute Gasteiger partial charge is 0.227 e. The number of allylic oxidation sites excluding steroid dienone is 1. The lowest BCUT2D eigenvalue weighted by atomic mass is 10.1. The van der Waals surface area contributed by atoms with Gasteiger partial charge in [-0.3, -0.25) is 0 Å². The highest BCUT2D eigenvalue weighted by atomic mass is 15.0. The van der Waals surface area contributed by atoms with Crippen molar-refractivity contribution >= 4 is 12.3 Å². The molecule has 0 fully saturated rings. The summed E-state index contributed by atoms with van der Waals surface area (Å²) >= 11 is 0. The molecule has 1 aliphatic heterocycles. The minimum atomic E-state index is 1.02. The number of hydrogen-bond acceptors (Lipinski definition) is 0. The molecule has 0 saturated carbocycles. The van der Waals surface area contributed by atoms with Gasteiger partial charge in [-0.05, 0) is 11.6 Å². The summed E-state index contributed by atoms with van der Waals surface area (Å²) < 4.78 is 2.34. The smallest absolute Gasteiger partial charge is 0.169 e. The number of rotatable bonds is 2. The van der Waals surface area contributed by atoms with Crippen LogP contribution >= 0.6 is 0 Å². The monoisotopic (exact) mass is 234 g/mol. The van der Waals surface area contributed by atoms with Gasteiger partial charge in [0.1, 0.15) is 0 Å². The van der Waals surface area contributed by atoms with E-state index in [1.165, 1.54) is 16.7 Å². The molecule has 2 aromatic rings. The van der Waals surface area contributed by atoms with E-state index in [1.54, 1.807) is 0 Å². The van der Waals surface area contributed by atoms with Gasteiger partial charge in [-0.15, -0.1) is 0 Å². The molecule has 88 valence electrons. The van der Waals surface area contributed by atoms with Crippen LogP contribution in [0, 0.1) is 0 Å². The van der Waals surface area contributed by atoms with Crippen LogP contribution in [0.4, 0.5) is 0 Å². The molecule has 18 heavy (non-hydrogen) atoms. The maximum absolute atomic E-state index is 2.34. The van der Waals surface area contributed by atoms with Gasteiger partial charge in [0.15, 0.2) is 19.3 Å². The first kappa shape index (κ1) is 11.0. The van der Waals surface area contributed by atoms with Crippen molar-refractivity contribution in [3.63, 3.8) is 0 Å². The first-order valence-electron chi connectivity index (χ1n) is 6.29. The van der Waals surface area contributed by atoms with Gasteiger partial charge in [0.05, 0.1) is 0 Å². The van der Waals surface area contributed by atoms with Gasteiger partial charge in [-0.1, -0.05) is 54.6 Å². The van der Waals surface area contributed by atoms with Gasteiger partial charge in [-0.25, -0.2) is 4.58 Å². The third kappa shape index (κ3) is 2.40. The molecule has 0 radical (unpaired) electrons. The van der Waals surface area contributed by atoms with Crippen molar-refractivity contribution in [2.75, 3.05) is 0 Å². The Morgan fingerprint density at radius 3 is 2.06 bits per heavy atom. The number of hydrogen-bond donors (Lipinski definition) is 0.